The Hall–Kier alpha value is -2.07. The molecule has 3 nitrogen and oxygen atoms in total. The van der Waals surface area contributed by atoms with E-state index >= 15 is 0 Å². The van der Waals surface area contributed by atoms with Crippen molar-refractivity contribution in [1.29, 1.82) is 0 Å². The second kappa shape index (κ2) is 7.80. The van der Waals surface area contributed by atoms with Gasteiger partial charge in [-0.15, -0.1) is 11.3 Å². The molecule has 0 aliphatic carbocycles. The fourth-order valence-corrected chi connectivity index (χ4v) is 2.79. The van der Waals surface area contributed by atoms with Gasteiger partial charge in [-0.1, -0.05) is 18.2 Å². The molecule has 0 bridgehead atoms. The molecule has 2 aromatic rings. The summed E-state index contributed by atoms with van der Waals surface area (Å²) in [6.07, 6.45) is 2.76. The van der Waals surface area contributed by atoms with E-state index < -0.39 is 0 Å². The Kier molecular flexibility index (Phi) is 5.78. The highest BCUT2D eigenvalue weighted by Crippen LogP contribution is 2.14. The lowest BCUT2D eigenvalue weighted by molar-refractivity contribution is -0.117. The van der Waals surface area contributed by atoms with Crippen molar-refractivity contribution in [3.63, 3.8) is 0 Å². The largest absolute Gasteiger partial charge is 0.378 e. The predicted molar refractivity (Wildman–Crippen MR) is 95.5 cm³/mol. The number of hydrogen-bond donors (Lipinski definition) is 1. The smallest absolute Gasteiger partial charge is 0.246 e. The quantitative estimate of drug-likeness (QED) is 0.827. The zero-order valence-corrected chi connectivity index (χ0v) is 14.1. The van der Waals surface area contributed by atoms with Crippen molar-refractivity contribution in [3.8, 4) is 0 Å². The minimum atomic E-state index is -0.00156. The second-order valence-electron chi connectivity index (χ2n) is 5.41. The molecule has 0 unspecified atom stereocenters. The van der Waals surface area contributed by atoms with E-state index in [-0.39, 0.29) is 5.91 Å². The molecule has 1 aromatic carbocycles. The standard InChI is InChI=1S/C18H22N2OS/c1-14(13-17-5-4-12-22-17)18(21)19-11-10-15-6-8-16(9-7-15)20(2)3/h4-9,12-13H,10-11H2,1-3H3,(H,19,21)/b14-13+. The van der Waals surface area contributed by atoms with Crippen molar-refractivity contribution in [2.45, 2.75) is 13.3 Å². The molecular weight excluding hydrogens is 292 g/mol. The van der Waals surface area contributed by atoms with Crippen LogP contribution in [0.25, 0.3) is 6.08 Å². The maximum absolute atomic E-state index is 12.0. The van der Waals surface area contributed by atoms with Crippen LogP contribution < -0.4 is 10.2 Å². The number of rotatable bonds is 6. The summed E-state index contributed by atoms with van der Waals surface area (Å²) in [5.74, 6) is -0.00156. The summed E-state index contributed by atoms with van der Waals surface area (Å²) in [5, 5.41) is 4.98. The van der Waals surface area contributed by atoms with E-state index in [0.29, 0.717) is 6.54 Å². The highest BCUT2D eigenvalue weighted by Gasteiger charge is 2.04. The lowest BCUT2D eigenvalue weighted by atomic mass is 10.1. The molecule has 0 aliphatic rings. The summed E-state index contributed by atoms with van der Waals surface area (Å²) in [7, 11) is 4.05. The molecule has 1 N–H and O–H groups in total. The van der Waals surface area contributed by atoms with E-state index in [9.17, 15) is 4.79 Å². The maximum atomic E-state index is 12.0. The van der Waals surface area contributed by atoms with Gasteiger partial charge < -0.3 is 10.2 Å². The third-order valence-corrected chi connectivity index (χ3v) is 4.23. The lowest BCUT2D eigenvalue weighted by Crippen LogP contribution is -2.26. The van der Waals surface area contributed by atoms with Gasteiger partial charge in [0.25, 0.3) is 0 Å². The Bertz CT molecular complexity index is 628. The fourth-order valence-electron chi connectivity index (χ4n) is 2.07. The predicted octanol–water partition coefficient (Wildman–Crippen LogP) is 3.58. The molecule has 0 saturated heterocycles. The molecule has 0 atom stereocenters. The van der Waals surface area contributed by atoms with Gasteiger partial charge in [-0.2, -0.15) is 0 Å². The van der Waals surface area contributed by atoms with Crippen LogP contribution in [0.5, 0.6) is 0 Å². The summed E-state index contributed by atoms with van der Waals surface area (Å²) in [5.41, 5.74) is 3.15. The van der Waals surface area contributed by atoms with E-state index in [1.165, 1.54) is 11.3 Å². The molecule has 1 aromatic heterocycles. The van der Waals surface area contributed by atoms with Gasteiger partial charge in [0.2, 0.25) is 5.91 Å². The van der Waals surface area contributed by atoms with Gasteiger partial charge in [-0.25, -0.2) is 0 Å². The van der Waals surface area contributed by atoms with Crippen LogP contribution in [0.2, 0.25) is 0 Å². The van der Waals surface area contributed by atoms with Crippen molar-refractivity contribution in [2.24, 2.45) is 0 Å². The topological polar surface area (TPSA) is 32.3 Å². The zero-order valence-electron chi connectivity index (χ0n) is 13.3. The minimum absolute atomic E-state index is 0.00156. The van der Waals surface area contributed by atoms with E-state index in [4.69, 9.17) is 0 Å². The van der Waals surface area contributed by atoms with Crippen LogP contribution in [-0.4, -0.2) is 26.5 Å². The summed E-state index contributed by atoms with van der Waals surface area (Å²) in [4.78, 5) is 15.2. The molecule has 2 rings (SSSR count). The van der Waals surface area contributed by atoms with Crippen molar-refractivity contribution in [2.75, 3.05) is 25.5 Å². The Labute approximate surface area is 136 Å². The first kappa shape index (κ1) is 16.3. The third-order valence-electron chi connectivity index (χ3n) is 3.41. The minimum Gasteiger partial charge on any atom is -0.378 e. The highest BCUT2D eigenvalue weighted by molar-refractivity contribution is 7.10. The molecule has 4 heteroatoms. The van der Waals surface area contributed by atoms with E-state index in [0.717, 1.165) is 16.9 Å². The Balaban J connectivity index is 1.81. The number of carbonyl (C=O) groups is 1. The summed E-state index contributed by atoms with van der Waals surface area (Å²) >= 11 is 1.63. The molecular formula is C18H22N2OS. The SMILES string of the molecule is C/C(=C\c1cccs1)C(=O)NCCc1ccc(N(C)C)cc1. The Morgan fingerprint density at radius 2 is 1.95 bits per heavy atom. The first-order valence-corrected chi connectivity index (χ1v) is 8.20. The molecule has 0 spiro atoms. The number of hydrogen-bond acceptors (Lipinski definition) is 3. The number of benzene rings is 1. The first-order valence-electron chi connectivity index (χ1n) is 7.32. The van der Waals surface area contributed by atoms with Crippen molar-refractivity contribution >= 4 is 29.0 Å². The molecule has 1 amide bonds. The lowest BCUT2D eigenvalue weighted by Gasteiger charge is -2.12. The zero-order chi connectivity index (χ0) is 15.9. The number of amides is 1. The average molecular weight is 314 g/mol. The highest BCUT2D eigenvalue weighted by atomic mass is 32.1. The van der Waals surface area contributed by atoms with Gasteiger partial charge in [0.1, 0.15) is 0 Å². The Morgan fingerprint density at radius 3 is 2.55 bits per heavy atom. The third kappa shape index (κ3) is 4.74. The molecule has 22 heavy (non-hydrogen) atoms. The van der Waals surface area contributed by atoms with Crippen LogP contribution in [0.4, 0.5) is 5.69 Å². The number of carbonyl (C=O) groups excluding carboxylic acids is 1. The molecule has 0 saturated carbocycles. The van der Waals surface area contributed by atoms with Crippen LogP contribution in [0, 0.1) is 0 Å². The van der Waals surface area contributed by atoms with E-state index in [1.807, 2.05) is 44.6 Å². The summed E-state index contributed by atoms with van der Waals surface area (Å²) in [6.45, 7) is 2.50. The van der Waals surface area contributed by atoms with Gasteiger partial charge >= 0.3 is 0 Å². The molecule has 1 heterocycles. The van der Waals surface area contributed by atoms with Gasteiger partial charge in [0.15, 0.2) is 0 Å². The van der Waals surface area contributed by atoms with Crippen LogP contribution in [0.15, 0.2) is 47.4 Å². The maximum Gasteiger partial charge on any atom is 0.246 e. The number of nitrogens with zero attached hydrogens (tertiary/aromatic N) is 1. The van der Waals surface area contributed by atoms with Gasteiger partial charge in [0, 0.05) is 36.8 Å². The number of anilines is 1. The van der Waals surface area contributed by atoms with Crippen LogP contribution in [0.3, 0.4) is 0 Å². The van der Waals surface area contributed by atoms with E-state index in [2.05, 4.69) is 34.5 Å². The molecule has 0 radical (unpaired) electrons. The summed E-state index contributed by atoms with van der Waals surface area (Å²) < 4.78 is 0. The van der Waals surface area contributed by atoms with Crippen molar-refractivity contribution in [1.82, 2.24) is 5.32 Å². The van der Waals surface area contributed by atoms with Gasteiger partial charge in [-0.3, -0.25) is 4.79 Å². The van der Waals surface area contributed by atoms with Crippen LogP contribution in [-0.2, 0) is 11.2 Å². The van der Waals surface area contributed by atoms with E-state index in [1.54, 1.807) is 11.3 Å². The number of thiophene rings is 1. The van der Waals surface area contributed by atoms with Gasteiger partial charge in [0.05, 0.1) is 0 Å². The monoisotopic (exact) mass is 314 g/mol. The summed E-state index contributed by atoms with van der Waals surface area (Å²) in [6, 6.07) is 12.4. The van der Waals surface area contributed by atoms with Crippen molar-refractivity contribution < 1.29 is 4.79 Å². The number of nitrogens with one attached hydrogen (secondary N) is 1. The van der Waals surface area contributed by atoms with Crippen molar-refractivity contribution in [3.05, 3.63) is 57.8 Å². The molecule has 116 valence electrons. The fraction of sp³-hybridized carbons (Fsp3) is 0.278. The van der Waals surface area contributed by atoms with Crippen LogP contribution in [0.1, 0.15) is 17.4 Å². The van der Waals surface area contributed by atoms with Crippen LogP contribution >= 0.6 is 11.3 Å². The Morgan fingerprint density at radius 1 is 1.23 bits per heavy atom. The molecule has 0 fully saturated rings. The second-order valence-corrected chi connectivity index (χ2v) is 6.39. The van der Waals surface area contributed by atoms with Gasteiger partial charge in [-0.05, 0) is 48.6 Å². The normalized spacial score (nSPS) is 11.3. The molecule has 0 aliphatic heterocycles. The average Bonchev–Trinajstić information content (AvgIpc) is 3.00. The first-order chi connectivity index (χ1) is 10.6.